The number of hydrogen-bond acceptors (Lipinski definition) is 2. The molecule has 2 heterocycles. The van der Waals surface area contributed by atoms with E-state index in [1.807, 2.05) is 6.07 Å². The van der Waals surface area contributed by atoms with Gasteiger partial charge in [-0.25, -0.2) is 4.98 Å². The van der Waals surface area contributed by atoms with E-state index in [9.17, 15) is 0 Å². The smallest absolute Gasteiger partial charge is 0.160 e. The Balaban J connectivity index is 2.59. The van der Waals surface area contributed by atoms with Crippen LogP contribution in [0.5, 0.6) is 0 Å². The summed E-state index contributed by atoms with van der Waals surface area (Å²) >= 11 is 0. The molecule has 0 N–H and O–H groups in total. The summed E-state index contributed by atoms with van der Waals surface area (Å²) in [4.78, 5) is 8.87. The molecule has 80 valence electrons. The van der Waals surface area contributed by atoms with Gasteiger partial charge in [-0.15, -0.1) is 0 Å². The van der Waals surface area contributed by atoms with Crippen molar-refractivity contribution in [1.29, 1.82) is 0 Å². The van der Waals surface area contributed by atoms with Gasteiger partial charge in [0, 0.05) is 23.8 Å². The molecule has 0 saturated carbocycles. The Kier molecular flexibility index (Phi) is 1.93. The van der Waals surface area contributed by atoms with Crippen molar-refractivity contribution >= 4 is 22.1 Å². The van der Waals surface area contributed by atoms with Crippen LogP contribution in [0.2, 0.25) is 0 Å². The summed E-state index contributed by atoms with van der Waals surface area (Å²) in [7, 11) is 0. The lowest BCUT2D eigenvalue weighted by Gasteiger charge is -2.09. The summed E-state index contributed by atoms with van der Waals surface area (Å²) in [6.45, 7) is 4.33. The Labute approximate surface area is 93.7 Å². The van der Waals surface area contributed by atoms with Crippen molar-refractivity contribution in [2.24, 2.45) is 0 Å². The minimum Gasteiger partial charge on any atom is -0.321 e. The highest BCUT2D eigenvalue weighted by Crippen LogP contribution is 2.28. The maximum atomic E-state index is 4.44. The number of para-hydroxylation sites is 1. The monoisotopic (exact) mass is 211 g/mol. The quantitative estimate of drug-likeness (QED) is 0.619. The van der Waals surface area contributed by atoms with Gasteiger partial charge >= 0.3 is 0 Å². The van der Waals surface area contributed by atoms with E-state index in [1.165, 1.54) is 10.9 Å². The molecule has 0 amide bonds. The van der Waals surface area contributed by atoms with Gasteiger partial charge in [-0.1, -0.05) is 18.2 Å². The zero-order valence-corrected chi connectivity index (χ0v) is 9.38. The minimum absolute atomic E-state index is 0.388. The van der Waals surface area contributed by atoms with Gasteiger partial charge in [-0.2, -0.15) is 0 Å². The Morgan fingerprint density at radius 1 is 1.06 bits per heavy atom. The lowest BCUT2D eigenvalue weighted by molar-refractivity contribution is 0.637. The summed E-state index contributed by atoms with van der Waals surface area (Å²) in [6.07, 6.45) is 3.50. The molecule has 0 radical (unpaired) electrons. The first-order valence-electron chi connectivity index (χ1n) is 5.48. The van der Waals surface area contributed by atoms with Crippen molar-refractivity contribution in [3.8, 4) is 0 Å². The number of hydrogen-bond donors (Lipinski definition) is 0. The van der Waals surface area contributed by atoms with Crippen LogP contribution < -0.4 is 0 Å². The SMILES string of the molecule is CC(C)n1c2ccccc2c2nccnc21. The third-order valence-corrected chi connectivity index (χ3v) is 2.84. The molecule has 0 spiro atoms. The minimum atomic E-state index is 0.388. The van der Waals surface area contributed by atoms with E-state index in [0.29, 0.717) is 6.04 Å². The molecular weight excluding hydrogens is 198 g/mol. The highest BCUT2D eigenvalue weighted by Gasteiger charge is 2.13. The first kappa shape index (κ1) is 9.33. The Morgan fingerprint density at radius 3 is 2.62 bits per heavy atom. The third kappa shape index (κ3) is 1.14. The summed E-state index contributed by atoms with van der Waals surface area (Å²) < 4.78 is 2.23. The predicted molar refractivity (Wildman–Crippen MR) is 65.4 cm³/mol. The second-order valence-corrected chi connectivity index (χ2v) is 4.21. The normalized spacial score (nSPS) is 11.7. The second-order valence-electron chi connectivity index (χ2n) is 4.21. The van der Waals surface area contributed by atoms with Crippen LogP contribution in [-0.2, 0) is 0 Å². The van der Waals surface area contributed by atoms with Crippen LogP contribution in [0, 0.1) is 0 Å². The second kappa shape index (κ2) is 3.30. The van der Waals surface area contributed by atoms with Gasteiger partial charge in [-0.05, 0) is 19.9 Å². The van der Waals surface area contributed by atoms with Crippen molar-refractivity contribution in [1.82, 2.24) is 14.5 Å². The fourth-order valence-corrected chi connectivity index (χ4v) is 2.22. The number of aromatic nitrogens is 3. The van der Waals surface area contributed by atoms with Crippen molar-refractivity contribution in [2.45, 2.75) is 19.9 Å². The van der Waals surface area contributed by atoms with E-state index >= 15 is 0 Å². The molecule has 0 aliphatic carbocycles. The largest absolute Gasteiger partial charge is 0.321 e. The molecule has 3 nitrogen and oxygen atoms in total. The summed E-state index contributed by atoms with van der Waals surface area (Å²) in [6, 6.07) is 8.71. The average Bonchev–Trinajstić information content (AvgIpc) is 2.63. The van der Waals surface area contributed by atoms with E-state index < -0.39 is 0 Å². The summed E-state index contributed by atoms with van der Waals surface area (Å²) in [5, 5.41) is 1.18. The van der Waals surface area contributed by atoms with Crippen molar-refractivity contribution < 1.29 is 0 Å². The molecule has 16 heavy (non-hydrogen) atoms. The first-order chi connectivity index (χ1) is 7.79. The van der Waals surface area contributed by atoms with Crippen molar-refractivity contribution in [2.75, 3.05) is 0 Å². The van der Waals surface area contributed by atoms with E-state index in [4.69, 9.17) is 0 Å². The molecule has 3 rings (SSSR count). The zero-order valence-electron chi connectivity index (χ0n) is 9.38. The maximum absolute atomic E-state index is 4.44. The van der Waals surface area contributed by atoms with Crippen molar-refractivity contribution in [3.05, 3.63) is 36.7 Å². The van der Waals surface area contributed by atoms with Gasteiger partial charge in [-0.3, -0.25) is 4.98 Å². The lowest BCUT2D eigenvalue weighted by atomic mass is 10.2. The van der Waals surface area contributed by atoms with Crippen LogP contribution in [0.15, 0.2) is 36.7 Å². The van der Waals surface area contributed by atoms with E-state index in [-0.39, 0.29) is 0 Å². The molecule has 0 aliphatic rings. The highest BCUT2D eigenvalue weighted by molar-refractivity contribution is 6.04. The number of fused-ring (bicyclic) bond motifs is 3. The Hall–Kier alpha value is -1.90. The molecule has 0 atom stereocenters. The fraction of sp³-hybridized carbons (Fsp3) is 0.231. The number of benzene rings is 1. The summed E-state index contributed by atoms with van der Waals surface area (Å²) in [5.41, 5.74) is 3.17. The molecule has 0 aliphatic heterocycles. The molecule has 0 saturated heterocycles. The molecule has 3 heteroatoms. The molecule has 1 aromatic carbocycles. The maximum Gasteiger partial charge on any atom is 0.160 e. The topological polar surface area (TPSA) is 30.7 Å². The van der Waals surface area contributed by atoms with Crippen LogP contribution in [0.3, 0.4) is 0 Å². The number of nitrogens with zero attached hydrogens (tertiary/aromatic N) is 3. The Morgan fingerprint density at radius 2 is 1.81 bits per heavy atom. The van der Waals surface area contributed by atoms with Crippen LogP contribution in [0.1, 0.15) is 19.9 Å². The van der Waals surface area contributed by atoms with Crippen LogP contribution in [0.4, 0.5) is 0 Å². The zero-order chi connectivity index (χ0) is 11.1. The van der Waals surface area contributed by atoms with Crippen LogP contribution in [0.25, 0.3) is 22.1 Å². The van der Waals surface area contributed by atoms with Gasteiger partial charge < -0.3 is 4.57 Å². The van der Waals surface area contributed by atoms with Gasteiger partial charge in [0.2, 0.25) is 0 Å². The van der Waals surface area contributed by atoms with E-state index in [0.717, 1.165) is 11.2 Å². The first-order valence-corrected chi connectivity index (χ1v) is 5.48. The van der Waals surface area contributed by atoms with Crippen LogP contribution >= 0.6 is 0 Å². The average molecular weight is 211 g/mol. The summed E-state index contributed by atoms with van der Waals surface area (Å²) in [5.74, 6) is 0. The fourth-order valence-electron chi connectivity index (χ4n) is 2.22. The standard InChI is InChI=1S/C13H13N3/c1-9(2)16-11-6-4-3-5-10(11)12-13(16)15-8-7-14-12/h3-9H,1-2H3. The highest BCUT2D eigenvalue weighted by atomic mass is 15.1. The van der Waals surface area contributed by atoms with Gasteiger partial charge in [0.1, 0.15) is 5.52 Å². The molecule has 0 bridgehead atoms. The van der Waals surface area contributed by atoms with Gasteiger partial charge in [0.15, 0.2) is 5.65 Å². The molecule has 0 fully saturated rings. The molecule has 3 aromatic rings. The van der Waals surface area contributed by atoms with Crippen molar-refractivity contribution in [3.63, 3.8) is 0 Å². The lowest BCUT2D eigenvalue weighted by Crippen LogP contribution is -2.00. The van der Waals surface area contributed by atoms with Crippen LogP contribution in [-0.4, -0.2) is 14.5 Å². The number of rotatable bonds is 1. The van der Waals surface area contributed by atoms with Gasteiger partial charge in [0.05, 0.1) is 5.52 Å². The van der Waals surface area contributed by atoms with Gasteiger partial charge in [0.25, 0.3) is 0 Å². The van der Waals surface area contributed by atoms with E-state index in [1.54, 1.807) is 12.4 Å². The van der Waals surface area contributed by atoms with E-state index in [2.05, 4.69) is 46.6 Å². The molecule has 0 unspecified atom stereocenters. The molecule has 2 aromatic heterocycles. The molecular formula is C13H13N3. The predicted octanol–water partition coefficient (Wildman–Crippen LogP) is 3.17. The Bertz CT molecular complexity index is 599. The third-order valence-electron chi connectivity index (χ3n) is 2.84.